The van der Waals surface area contributed by atoms with Crippen molar-refractivity contribution in [1.29, 1.82) is 0 Å². The summed E-state index contributed by atoms with van der Waals surface area (Å²) in [6.45, 7) is 7.09. The largest absolute Gasteiger partial charge is 0.318 e. The molecule has 0 aliphatic carbocycles. The van der Waals surface area contributed by atoms with Crippen molar-refractivity contribution in [2.45, 2.75) is 38.1 Å². The average molecular weight is 314 g/mol. The lowest BCUT2D eigenvalue weighted by Crippen LogP contribution is -2.39. The van der Waals surface area contributed by atoms with E-state index in [0.29, 0.717) is 36.4 Å². The number of sulfonamides is 1. The molecule has 120 valence electrons. The van der Waals surface area contributed by atoms with E-state index in [4.69, 9.17) is 0 Å². The molecule has 0 saturated carbocycles. The highest BCUT2D eigenvalue weighted by Crippen LogP contribution is 2.27. The van der Waals surface area contributed by atoms with Gasteiger partial charge in [0.15, 0.2) is 0 Å². The normalized spacial score (nSPS) is 18.5. The van der Waals surface area contributed by atoms with Crippen molar-refractivity contribution < 1.29 is 8.42 Å². The fourth-order valence-corrected chi connectivity index (χ4v) is 4.18. The smallest absolute Gasteiger partial charge is 0.246 e. The minimum Gasteiger partial charge on any atom is -0.318 e. The first kappa shape index (κ1) is 16.5. The monoisotopic (exact) mass is 314 g/mol. The van der Waals surface area contributed by atoms with Gasteiger partial charge >= 0.3 is 0 Å². The molecule has 7 heteroatoms. The van der Waals surface area contributed by atoms with Crippen LogP contribution in [0.25, 0.3) is 0 Å². The number of rotatable bonds is 6. The number of likely N-dealkylation sites (N-methyl/N-ethyl adjacent to an activating group) is 1. The molecule has 21 heavy (non-hydrogen) atoms. The second-order valence-corrected chi connectivity index (χ2v) is 7.97. The summed E-state index contributed by atoms with van der Waals surface area (Å²) in [7, 11) is -1.52. The molecular weight excluding hydrogens is 288 g/mol. The van der Waals surface area contributed by atoms with Crippen LogP contribution in [0.1, 0.15) is 26.7 Å². The third kappa shape index (κ3) is 3.84. The van der Waals surface area contributed by atoms with Gasteiger partial charge in [0.2, 0.25) is 10.0 Å². The van der Waals surface area contributed by atoms with Gasteiger partial charge in [-0.1, -0.05) is 13.8 Å². The molecule has 0 radical (unpaired) electrons. The number of hydrogen-bond donors (Lipinski definition) is 1. The van der Waals surface area contributed by atoms with Crippen molar-refractivity contribution in [3.05, 3.63) is 12.4 Å². The summed E-state index contributed by atoms with van der Waals surface area (Å²) in [5.74, 6) is 1.26. The Hall–Kier alpha value is -0.920. The molecular formula is C14H26N4O2S. The molecule has 1 fully saturated rings. The van der Waals surface area contributed by atoms with E-state index >= 15 is 0 Å². The van der Waals surface area contributed by atoms with Gasteiger partial charge in [0.05, 0.1) is 12.7 Å². The van der Waals surface area contributed by atoms with Crippen LogP contribution in [0, 0.1) is 11.8 Å². The summed E-state index contributed by atoms with van der Waals surface area (Å²) in [6.07, 6.45) is 4.98. The van der Waals surface area contributed by atoms with Crippen LogP contribution in [0.5, 0.6) is 0 Å². The van der Waals surface area contributed by atoms with Gasteiger partial charge in [-0.25, -0.2) is 8.42 Å². The first-order chi connectivity index (χ1) is 9.95. The van der Waals surface area contributed by atoms with Crippen LogP contribution < -0.4 is 5.32 Å². The van der Waals surface area contributed by atoms with Crippen LogP contribution in [0.15, 0.2) is 17.3 Å². The average Bonchev–Trinajstić information content (AvgIpc) is 2.94. The summed E-state index contributed by atoms with van der Waals surface area (Å²) < 4.78 is 28.5. The Bertz CT molecular complexity index is 545. The highest BCUT2D eigenvalue weighted by molar-refractivity contribution is 7.89. The van der Waals surface area contributed by atoms with Crippen molar-refractivity contribution >= 4 is 10.0 Å². The minimum absolute atomic E-state index is 0.307. The zero-order valence-electron chi connectivity index (χ0n) is 13.1. The van der Waals surface area contributed by atoms with Gasteiger partial charge in [-0.3, -0.25) is 4.68 Å². The van der Waals surface area contributed by atoms with Crippen molar-refractivity contribution in [2.75, 3.05) is 26.7 Å². The third-order valence-electron chi connectivity index (χ3n) is 4.28. The predicted octanol–water partition coefficient (Wildman–Crippen LogP) is 1.16. The summed E-state index contributed by atoms with van der Waals surface area (Å²) in [5, 5.41) is 7.15. The van der Waals surface area contributed by atoms with Crippen LogP contribution in [-0.4, -0.2) is 49.2 Å². The second-order valence-electron chi connectivity index (χ2n) is 6.03. The molecule has 0 aromatic carbocycles. The van der Waals surface area contributed by atoms with Gasteiger partial charge in [0.1, 0.15) is 4.90 Å². The Labute approximate surface area is 127 Å². The lowest BCUT2D eigenvalue weighted by molar-refractivity contribution is 0.226. The topological polar surface area (TPSA) is 67.2 Å². The maximum absolute atomic E-state index is 12.6. The zero-order valence-corrected chi connectivity index (χ0v) is 13.9. The Morgan fingerprint density at radius 2 is 2.05 bits per heavy atom. The Morgan fingerprint density at radius 3 is 2.62 bits per heavy atom. The van der Waals surface area contributed by atoms with Crippen LogP contribution in [-0.2, 0) is 16.6 Å². The predicted molar refractivity (Wildman–Crippen MR) is 82.5 cm³/mol. The van der Waals surface area contributed by atoms with E-state index in [0.717, 1.165) is 19.4 Å². The van der Waals surface area contributed by atoms with Crippen molar-refractivity contribution in [2.24, 2.45) is 11.8 Å². The number of nitrogens with zero attached hydrogens (tertiary/aromatic N) is 3. The molecule has 0 spiro atoms. The van der Waals surface area contributed by atoms with Crippen molar-refractivity contribution in [3.63, 3.8) is 0 Å². The summed E-state index contributed by atoms with van der Waals surface area (Å²) in [6, 6.07) is 0. The summed E-state index contributed by atoms with van der Waals surface area (Å²) >= 11 is 0. The fourth-order valence-electron chi connectivity index (χ4n) is 2.76. The van der Waals surface area contributed by atoms with Gasteiger partial charge in [0, 0.05) is 25.8 Å². The lowest BCUT2D eigenvalue weighted by atomic mass is 9.87. The molecule has 2 rings (SSSR count). The first-order valence-electron chi connectivity index (χ1n) is 7.62. The van der Waals surface area contributed by atoms with Crippen LogP contribution in [0.2, 0.25) is 0 Å². The molecule has 1 aromatic heterocycles. The van der Waals surface area contributed by atoms with Gasteiger partial charge in [0.25, 0.3) is 0 Å². The zero-order chi connectivity index (χ0) is 15.5. The quantitative estimate of drug-likeness (QED) is 0.855. The summed E-state index contributed by atoms with van der Waals surface area (Å²) in [4.78, 5) is 0.307. The molecule has 1 saturated heterocycles. The van der Waals surface area contributed by atoms with Crippen molar-refractivity contribution in [1.82, 2.24) is 19.4 Å². The van der Waals surface area contributed by atoms with E-state index < -0.39 is 10.0 Å². The molecule has 1 aromatic rings. The molecule has 0 bridgehead atoms. The molecule has 6 nitrogen and oxygen atoms in total. The van der Waals surface area contributed by atoms with Gasteiger partial charge in [-0.2, -0.15) is 9.40 Å². The SMILES string of the molecule is CNCCn1cc(S(=O)(=O)N2CCC(C(C)C)CC2)cn1. The first-order valence-corrected chi connectivity index (χ1v) is 9.06. The van der Waals surface area contributed by atoms with E-state index in [1.54, 1.807) is 15.2 Å². The second kappa shape index (κ2) is 6.89. The van der Waals surface area contributed by atoms with Gasteiger partial charge < -0.3 is 5.32 Å². The highest BCUT2D eigenvalue weighted by atomic mass is 32.2. The van der Waals surface area contributed by atoms with Crippen molar-refractivity contribution in [3.8, 4) is 0 Å². The lowest BCUT2D eigenvalue weighted by Gasteiger charge is -2.32. The van der Waals surface area contributed by atoms with E-state index in [2.05, 4.69) is 24.3 Å². The minimum atomic E-state index is -3.39. The van der Waals surface area contributed by atoms with E-state index in [1.807, 2.05) is 7.05 Å². The molecule has 1 aliphatic heterocycles. The molecule has 0 unspecified atom stereocenters. The number of piperidine rings is 1. The van der Waals surface area contributed by atoms with Crippen LogP contribution in [0.3, 0.4) is 0 Å². The van der Waals surface area contributed by atoms with Crippen LogP contribution >= 0.6 is 0 Å². The standard InChI is InChI=1S/C14H26N4O2S/c1-12(2)13-4-7-18(8-5-13)21(19,20)14-10-16-17(11-14)9-6-15-3/h10-13,15H,4-9H2,1-3H3. The molecule has 0 atom stereocenters. The number of aromatic nitrogens is 2. The highest BCUT2D eigenvalue weighted by Gasteiger charge is 2.31. The van der Waals surface area contributed by atoms with E-state index in [1.165, 1.54) is 6.20 Å². The van der Waals surface area contributed by atoms with Crippen LogP contribution in [0.4, 0.5) is 0 Å². The molecule has 1 aliphatic rings. The Morgan fingerprint density at radius 1 is 1.38 bits per heavy atom. The Kier molecular flexibility index (Phi) is 5.40. The summed E-state index contributed by atoms with van der Waals surface area (Å²) in [5.41, 5.74) is 0. The van der Waals surface area contributed by atoms with Gasteiger partial charge in [-0.05, 0) is 31.7 Å². The van der Waals surface area contributed by atoms with E-state index in [-0.39, 0.29) is 0 Å². The fraction of sp³-hybridized carbons (Fsp3) is 0.786. The number of hydrogen-bond acceptors (Lipinski definition) is 4. The third-order valence-corrected chi connectivity index (χ3v) is 6.13. The molecule has 1 N–H and O–H groups in total. The Balaban J connectivity index is 2.03. The molecule has 0 amide bonds. The maximum Gasteiger partial charge on any atom is 0.246 e. The maximum atomic E-state index is 12.6. The van der Waals surface area contributed by atoms with E-state index in [9.17, 15) is 8.42 Å². The molecule has 2 heterocycles. The number of nitrogens with one attached hydrogen (secondary N) is 1. The van der Waals surface area contributed by atoms with Gasteiger partial charge in [-0.15, -0.1) is 0 Å².